The fraction of sp³-hybridized carbons (Fsp3) is 0.364. The molecule has 0 radical (unpaired) electrons. The van der Waals surface area contributed by atoms with E-state index in [9.17, 15) is 9.59 Å². The Labute approximate surface area is 180 Å². The van der Waals surface area contributed by atoms with Crippen LogP contribution in [0.1, 0.15) is 46.4 Å². The van der Waals surface area contributed by atoms with Gasteiger partial charge in [-0.3, -0.25) is 9.59 Å². The van der Waals surface area contributed by atoms with E-state index in [1.165, 1.54) is 6.07 Å². The van der Waals surface area contributed by atoms with Crippen LogP contribution in [0.2, 0.25) is 10.0 Å². The number of nitrogens with zero attached hydrogens (tertiary/aromatic N) is 2. The zero-order valence-corrected chi connectivity index (χ0v) is 17.6. The van der Waals surface area contributed by atoms with Gasteiger partial charge in [-0.05, 0) is 62.1 Å². The first kappa shape index (κ1) is 20.0. The van der Waals surface area contributed by atoms with Crippen LogP contribution in [0.5, 0.6) is 0 Å². The summed E-state index contributed by atoms with van der Waals surface area (Å²) < 4.78 is 0. The van der Waals surface area contributed by atoms with Crippen molar-refractivity contribution >= 4 is 46.4 Å². The van der Waals surface area contributed by atoms with Crippen LogP contribution < -0.4 is 10.2 Å². The summed E-state index contributed by atoms with van der Waals surface area (Å²) in [6, 6.07) is 10.3. The van der Waals surface area contributed by atoms with Crippen molar-refractivity contribution in [1.82, 2.24) is 4.90 Å². The van der Waals surface area contributed by atoms with Crippen LogP contribution in [0.15, 0.2) is 36.4 Å². The summed E-state index contributed by atoms with van der Waals surface area (Å²) in [5.74, 6) is -0.301. The Morgan fingerprint density at radius 3 is 2.21 bits per heavy atom. The predicted molar refractivity (Wildman–Crippen MR) is 117 cm³/mol. The van der Waals surface area contributed by atoms with Crippen molar-refractivity contribution < 1.29 is 9.59 Å². The number of halogens is 2. The van der Waals surface area contributed by atoms with Crippen molar-refractivity contribution in [2.45, 2.75) is 25.7 Å². The molecule has 0 spiro atoms. The standard InChI is InChI=1S/C22H23Cl2N3O2/c23-15-5-7-17(19(24)13-15)21(28)25-16-6-8-20(26-9-1-2-10-26)18(14-16)22(29)27-11-3-4-12-27/h5-8,13-14H,1-4,9-12H2,(H,25,28). The fourth-order valence-electron chi connectivity index (χ4n) is 3.98. The predicted octanol–water partition coefficient (Wildman–Crippen LogP) is 5.08. The number of nitrogens with one attached hydrogen (secondary N) is 1. The first-order chi connectivity index (χ1) is 14.0. The van der Waals surface area contributed by atoms with Gasteiger partial charge in [0.2, 0.25) is 0 Å². The molecule has 2 aliphatic heterocycles. The molecule has 0 unspecified atom stereocenters. The molecule has 1 N–H and O–H groups in total. The van der Waals surface area contributed by atoms with E-state index in [1.807, 2.05) is 17.0 Å². The van der Waals surface area contributed by atoms with Crippen LogP contribution >= 0.6 is 23.2 Å². The lowest BCUT2D eigenvalue weighted by Gasteiger charge is -2.24. The van der Waals surface area contributed by atoms with Gasteiger partial charge in [-0.15, -0.1) is 0 Å². The Morgan fingerprint density at radius 2 is 1.52 bits per heavy atom. The highest BCUT2D eigenvalue weighted by atomic mass is 35.5. The average Bonchev–Trinajstić information content (AvgIpc) is 3.41. The van der Waals surface area contributed by atoms with Crippen molar-refractivity contribution in [3.05, 3.63) is 57.6 Å². The number of carbonyl (C=O) groups is 2. The van der Waals surface area contributed by atoms with Crippen molar-refractivity contribution in [1.29, 1.82) is 0 Å². The van der Waals surface area contributed by atoms with Gasteiger partial charge in [-0.1, -0.05) is 23.2 Å². The Bertz CT molecular complexity index is 936. The first-order valence-corrected chi connectivity index (χ1v) is 10.7. The second kappa shape index (κ2) is 8.64. The third-order valence-electron chi connectivity index (χ3n) is 5.50. The van der Waals surface area contributed by atoms with Gasteiger partial charge in [0.1, 0.15) is 0 Å². The number of benzene rings is 2. The van der Waals surface area contributed by atoms with Gasteiger partial charge in [-0.25, -0.2) is 0 Å². The first-order valence-electron chi connectivity index (χ1n) is 9.97. The zero-order chi connectivity index (χ0) is 20.4. The maximum atomic E-state index is 13.2. The maximum absolute atomic E-state index is 13.2. The molecule has 0 atom stereocenters. The summed E-state index contributed by atoms with van der Waals surface area (Å²) in [6.07, 6.45) is 4.34. The van der Waals surface area contributed by atoms with Crippen molar-refractivity contribution in [3.8, 4) is 0 Å². The molecule has 2 aromatic rings. The second-order valence-electron chi connectivity index (χ2n) is 7.50. The van der Waals surface area contributed by atoms with Gasteiger partial charge in [0.15, 0.2) is 0 Å². The minimum absolute atomic E-state index is 0.0324. The molecule has 2 aromatic carbocycles. The van der Waals surface area contributed by atoms with Crippen molar-refractivity contribution in [3.63, 3.8) is 0 Å². The topological polar surface area (TPSA) is 52.7 Å². The summed E-state index contributed by atoms with van der Waals surface area (Å²) in [6.45, 7) is 3.48. The highest BCUT2D eigenvalue weighted by Gasteiger charge is 2.26. The largest absolute Gasteiger partial charge is 0.371 e. The lowest BCUT2D eigenvalue weighted by Crippen LogP contribution is -2.30. The van der Waals surface area contributed by atoms with Crippen molar-refractivity contribution in [2.75, 3.05) is 36.4 Å². The van der Waals surface area contributed by atoms with Crippen LogP contribution in [-0.2, 0) is 0 Å². The number of hydrogen-bond acceptors (Lipinski definition) is 3. The summed E-state index contributed by atoms with van der Waals surface area (Å²) >= 11 is 12.1. The molecule has 2 heterocycles. The van der Waals surface area contributed by atoms with Crippen LogP contribution in [0, 0.1) is 0 Å². The molecule has 2 fully saturated rings. The number of carbonyl (C=O) groups excluding carboxylic acids is 2. The molecule has 7 heteroatoms. The molecule has 5 nitrogen and oxygen atoms in total. The molecule has 2 aliphatic rings. The monoisotopic (exact) mass is 431 g/mol. The van der Waals surface area contributed by atoms with Crippen LogP contribution in [-0.4, -0.2) is 42.9 Å². The molecule has 2 saturated heterocycles. The number of rotatable bonds is 4. The van der Waals surface area contributed by atoms with Crippen LogP contribution in [0.4, 0.5) is 11.4 Å². The molecular weight excluding hydrogens is 409 g/mol. The minimum atomic E-state index is -0.333. The maximum Gasteiger partial charge on any atom is 0.257 e. The van der Waals surface area contributed by atoms with E-state index in [1.54, 1.807) is 18.2 Å². The Kier molecular flexibility index (Phi) is 5.97. The lowest BCUT2D eigenvalue weighted by atomic mass is 10.1. The van der Waals surface area contributed by atoms with Crippen LogP contribution in [0.25, 0.3) is 0 Å². The van der Waals surface area contributed by atoms with Gasteiger partial charge in [-0.2, -0.15) is 0 Å². The van der Waals surface area contributed by atoms with Gasteiger partial charge < -0.3 is 15.1 Å². The fourth-order valence-corrected chi connectivity index (χ4v) is 4.48. The average molecular weight is 432 g/mol. The normalized spacial score (nSPS) is 16.3. The van der Waals surface area contributed by atoms with E-state index >= 15 is 0 Å². The summed E-state index contributed by atoms with van der Waals surface area (Å²) in [5, 5.41) is 3.63. The van der Waals surface area contributed by atoms with E-state index in [0.29, 0.717) is 21.8 Å². The summed E-state index contributed by atoms with van der Waals surface area (Å²) in [4.78, 5) is 30.0. The Balaban J connectivity index is 1.62. The SMILES string of the molecule is O=C(Nc1ccc(N2CCCC2)c(C(=O)N2CCCC2)c1)c1ccc(Cl)cc1Cl. The van der Waals surface area contributed by atoms with E-state index in [0.717, 1.165) is 57.5 Å². The van der Waals surface area contributed by atoms with E-state index in [-0.39, 0.29) is 16.8 Å². The summed E-state index contributed by atoms with van der Waals surface area (Å²) in [7, 11) is 0. The molecular formula is C22H23Cl2N3O2. The number of anilines is 2. The van der Waals surface area contributed by atoms with Crippen LogP contribution in [0.3, 0.4) is 0 Å². The third-order valence-corrected chi connectivity index (χ3v) is 6.05. The zero-order valence-electron chi connectivity index (χ0n) is 16.1. The van der Waals surface area contributed by atoms with E-state index < -0.39 is 0 Å². The van der Waals surface area contributed by atoms with E-state index in [2.05, 4.69) is 10.2 Å². The third kappa shape index (κ3) is 4.36. The molecule has 4 rings (SSSR count). The summed E-state index contributed by atoms with van der Waals surface area (Å²) in [5.41, 5.74) is 2.51. The van der Waals surface area contributed by atoms with Gasteiger partial charge >= 0.3 is 0 Å². The molecule has 2 amide bonds. The van der Waals surface area contributed by atoms with Gasteiger partial charge in [0.25, 0.3) is 11.8 Å². The second-order valence-corrected chi connectivity index (χ2v) is 8.35. The molecule has 0 saturated carbocycles. The minimum Gasteiger partial charge on any atom is -0.371 e. The molecule has 29 heavy (non-hydrogen) atoms. The molecule has 0 aliphatic carbocycles. The molecule has 0 bridgehead atoms. The van der Waals surface area contributed by atoms with Gasteiger partial charge in [0.05, 0.1) is 16.1 Å². The highest BCUT2D eigenvalue weighted by molar-refractivity contribution is 6.37. The molecule has 0 aromatic heterocycles. The van der Waals surface area contributed by atoms with Crippen molar-refractivity contribution in [2.24, 2.45) is 0 Å². The van der Waals surface area contributed by atoms with Gasteiger partial charge in [0, 0.05) is 42.6 Å². The number of amides is 2. The number of hydrogen-bond donors (Lipinski definition) is 1. The molecule has 152 valence electrons. The van der Waals surface area contributed by atoms with E-state index in [4.69, 9.17) is 23.2 Å². The Morgan fingerprint density at radius 1 is 0.828 bits per heavy atom. The lowest BCUT2D eigenvalue weighted by molar-refractivity contribution is 0.0793. The Hall–Kier alpha value is -2.24. The number of likely N-dealkylation sites (tertiary alicyclic amines) is 1. The quantitative estimate of drug-likeness (QED) is 0.733. The highest BCUT2D eigenvalue weighted by Crippen LogP contribution is 2.30. The smallest absolute Gasteiger partial charge is 0.257 e.